The fraction of sp³-hybridized carbons (Fsp3) is 0.556. The van der Waals surface area contributed by atoms with Crippen molar-refractivity contribution in [2.75, 3.05) is 11.9 Å². The van der Waals surface area contributed by atoms with E-state index < -0.39 is 5.54 Å². The molecule has 120 valence electrons. The molecule has 1 aromatic rings. The molecule has 4 nitrogen and oxygen atoms in total. The van der Waals surface area contributed by atoms with Crippen molar-refractivity contribution < 1.29 is 4.79 Å². The summed E-state index contributed by atoms with van der Waals surface area (Å²) in [4.78, 5) is 12.1. The molecular weight excluding hydrogens is 274 g/mol. The Morgan fingerprint density at radius 1 is 1.23 bits per heavy atom. The van der Waals surface area contributed by atoms with Crippen molar-refractivity contribution in [3.05, 3.63) is 29.8 Å². The summed E-state index contributed by atoms with van der Waals surface area (Å²) < 4.78 is 0. The lowest BCUT2D eigenvalue weighted by molar-refractivity contribution is -0.121. The summed E-state index contributed by atoms with van der Waals surface area (Å²) in [7, 11) is 0. The van der Waals surface area contributed by atoms with E-state index in [4.69, 9.17) is 0 Å². The Labute approximate surface area is 133 Å². The second kappa shape index (κ2) is 6.83. The predicted octanol–water partition coefficient (Wildman–Crippen LogP) is 3.45. The first-order valence-electron chi connectivity index (χ1n) is 7.66. The van der Waals surface area contributed by atoms with Crippen molar-refractivity contribution >= 4 is 11.6 Å². The first-order chi connectivity index (χ1) is 10.1. The van der Waals surface area contributed by atoms with Crippen molar-refractivity contribution in [2.24, 2.45) is 5.92 Å². The minimum Gasteiger partial charge on any atom is -0.376 e. The lowest BCUT2D eigenvalue weighted by Crippen LogP contribution is -2.50. The lowest BCUT2D eigenvalue weighted by Gasteiger charge is -2.28. The van der Waals surface area contributed by atoms with Gasteiger partial charge in [-0.25, -0.2) is 0 Å². The van der Waals surface area contributed by atoms with Gasteiger partial charge in [0.2, 0.25) is 5.91 Å². The van der Waals surface area contributed by atoms with Crippen LogP contribution in [-0.2, 0) is 10.2 Å². The summed E-state index contributed by atoms with van der Waals surface area (Å²) >= 11 is 0. The highest BCUT2D eigenvalue weighted by molar-refractivity contribution is 5.82. The van der Waals surface area contributed by atoms with Crippen LogP contribution in [0, 0.1) is 17.2 Å². The monoisotopic (exact) mass is 301 g/mol. The number of hydrogen-bond acceptors (Lipinski definition) is 3. The van der Waals surface area contributed by atoms with E-state index in [2.05, 4.69) is 43.5 Å². The summed E-state index contributed by atoms with van der Waals surface area (Å²) in [6.07, 6.45) is 0. The zero-order chi connectivity index (χ0) is 17.0. The number of hydrogen-bond donors (Lipinski definition) is 2. The topological polar surface area (TPSA) is 64.9 Å². The lowest BCUT2D eigenvalue weighted by atomic mass is 9.86. The van der Waals surface area contributed by atoms with Crippen LogP contribution in [0.25, 0.3) is 0 Å². The standard InChI is InChI=1S/C18H27N3O/c1-13(2)18(6,12-19)21-16(22)11-20-15-10-8-7-9-14(15)17(3,4)5/h7-10,13,20H,11H2,1-6H3,(H,21,22)/t18-/m0/s1. The molecule has 2 N–H and O–H groups in total. The van der Waals surface area contributed by atoms with Crippen LogP contribution in [0.1, 0.15) is 47.1 Å². The van der Waals surface area contributed by atoms with Crippen LogP contribution in [-0.4, -0.2) is 18.0 Å². The molecule has 0 aliphatic heterocycles. The molecule has 22 heavy (non-hydrogen) atoms. The molecular formula is C18H27N3O. The largest absolute Gasteiger partial charge is 0.376 e. The van der Waals surface area contributed by atoms with E-state index in [0.29, 0.717) is 0 Å². The first kappa shape index (κ1) is 18.0. The summed E-state index contributed by atoms with van der Waals surface area (Å²) in [5, 5.41) is 15.2. The highest BCUT2D eigenvalue weighted by atomic mass is 16.2. The molecule has 0 saturated carbocycles. The summed E-state index contributed by atoms with van der Waals surface area (Å²) in [6, 6.07) is 10.2. The van der Waals surface area contributed by atoms with Gasteiger partial charge >= 0.3 is 0 Å². The predicted molar refractivity (Wildman–Crippen MR) is 90.6 cm³/mol. The maximum atomic E-state index is 12.1. The number of nitrogens with zero attached hydrogens (tertiary/aromatic N) is 1. The van der Waals surface area contributed by atoms with E-state index in [1.807, 2.05) is 32.0 Å². The van der Waals surface area contributed by atoms with Gasteiger partial charge in [-0.2, -0.15) is 5.26 Å². The highest BCUT2D eigenvalue weighted by Gasteiger charge is 2.29. The van der Waals surface area contributed by atoms with Crippen molar-refractivity contribution in [1.82, 2.24) is 5.32 Å². The van der Waals surface area contributed by atoms with Crippen molar-refractivity contribution in [3.8, 4) is 6.07 Å². The molecule has 1 rings (SSSR count). The van der Waals surface area contributed by atoms with E-state index in [0.717, 1.165) is 11.3 Å². The average molecular weight is 301 g/mol. The maximum Gasteiger partial charge on any atom is 0.240 e. The fourth-order valence-electron chi connectivity index (χ4n) is 2.10. The van der Waals surface area contributed by atoms with Gasteiger partial charge in [-0.3, -0.25) is 4.79 Å². The fourth-order valence-corrected chi connectivity index (χ4v) is 2.10. The summed E-state index contributed by atoms with van der Waals surface area (Å²) in [5.41, 5.74) is 1.27. The van der Waals surface area contributed by atoms with E-state index in [1.165, 1.54) is 0 Å². The van der Waals surface area contributed by atoms with Crippen molar-refractivity contribution in [2.45, 2.75) is 52.5 Å². The number of carbonyl (C=O) groups excluding carboxylic acids is 1. The number of para-hydroxylation sites is 1. The molecule has 0 aromatic heterocycles. The minimum absolute atomic E-state index is 0.000823. The number of amides is 1. The van der Waals surface area contributed by atoms with Crippen LogP contribution in [0.4, 0.5) is 5.69 Å². The third-order valence-electron chi connectivity index (χ3n) is 3.96. The zero-order valence-corrected chi connectivity index (χ0v) is 14.4. The molecule has 1 amide bonds. The molecule has 0 aliphatic carbocycles. The van der Waals surface area contributed by atoms with Crippen LogP contribution in [0.5, 0.6) is 0 Å². The van der Waals surface area contributed by atoms with Crippen molar-refractivity contribution in [1.29, 1.82) is 5.26 Å². The third-order valence-corrected chi connectivity index (χ3v) is 3.96. The van der Waals surface area contributed by atoms with Gasteiger partial charge in [-0.15, -0.1) is 0 Å². The third kappa shape index (κ3) is 4.49. The zero-order valence-electron chi connectivity index (χ0n) is 14.4. The molecule has 4 heteroatoms. The number of benzene rings is 1. The molecule has 0 radical (unpaired) electrons. The minimum atomic E-state index is -0.845. The number of rotatable bonds is 5. The number of nitriles is 1. The molecule has 1 atom stereocenters. The molecule has 0 unspecified atom stereocenters. The van der Waals surface area contributed by atoms with Gasteiger partial charge in [0.25, 0.3) is 0 Å². The SMILES string of the molecule is CC(C)[C@](C)(C#N)NC(=O)CNc1ccccc1C(C)(C)C. The van der Waals surface area contributed by atoms with Crippen molar-refractivity contribution in [3.63, 3.8) is 0 Å². The molecule has 0 heterocycles. The molecule has 1 aromatic carbocycles. The van der Waals surface area contributed by atoms with Crippen LogP contribution >= 0.6 is 0 Å². The normalized spacial score (nSPS) is 14.1. The van der Waals surface area contributed by atoms with Crippen LogP contribution in [0.15, 0.2) is 24.3 Å². The Bertz CT molecular complexity index is 566. The highest BCUT2D eigenvalue weighted by Crippen LogP contribution is 2.29. The van der Waals surface area contributed by atoms with Crippen LogP contribution < -0.4 is 10.6 Å². The molecule has 0 aliphatic rings. The van der Waals surface area contributed by atoms with Gasteiger partial charge < -0.3 is 10.6 Å². The van der Waals surface area contributed by atoms with Gasteiger partial charge in [-0.1, -0.05) is 52.8 Å². The van der Waals surface area contributed by atoms with E-state index in [-0.39, 0.29) is 23.8 Å². The Kier molecular flexibility index (Phi) is 5.59. The van der Waals surface area contributed by atoms with E-state index >= 15 is 0 Å². The molecule has 0 fully saturated rings. The maximum absolute atomic E-state index is 12.1. The van der Waals surface area contributed by atoms with Gasteiger partial charge in [-0.05, 0) is 29.9 Å². The quantitative estimate of drug-likeness (QED) is 0.875. The number of carbonyl (C=O) groups is 1. The molecule has 0 spiro atoms. The van der Waals surface area contributed by atoms with Gasteiger partial charge in [0.05, 0.1) is 12.6 Å². The molecule has 0 saturated heterocycles. The van der Waals surface area contributed by atoms with E-state index in [9.17, 15) is 10.1 Å². The Morgan fingerprint density at radius 3 is 2.32 bits per heavy atom. The number of anilines is 1. The second-order valence-electron chi connectivity index (χ2n) is 7.17. The van der Waals surface area contributed by atoms with E-state index in [1.54, 1.807) is 6.92 Å². The Balaban J connectivity index is 2.76. The van der Waals surface area contributed by atoms with Gasteiger partial charge in [0.1, 0.15) is 5.54 Å². The Morgan fingerprint density at radius 2 is 1.82 bits per heavy atom. The van der Waals surface area contributed by atoms with Crippen LogP contribution in [0.3, 0.4) is 0 Å². The summed E-state index contributed by atoms with van der Waals surface area (Å²) in [5.74, 6) is -0.134. The smallest absolute Gasteiger partial charge is 0.240 e. The number of nitrogens with one attached hydrogen (secondary N) is 2. The van der Waals surface area contributed by atoms with Gasteiger partial charge in [0, 0.05) is 5.69 Å². The van der Waals surface area contributed by atoms with Gasteiger partial charge in [0.15, 0.2) is 0 Å². The first-order valence-corrected chi connectivity index (χ1v) is 7.66. The average Bonchev–Trinajstić information content (AvgIpc) is 2.44. The second-order valence-corrected chi connectivity index (χ2v) is 7.17. The Hall–Kier alpha value is -2.02. The van der Waals surface area contributed by atoms with Crippen LogP contribution in [0.2, 0.25) is 0 Å². The summed E-state index contributed by atoms with van der Waals surface area (Å²) in [6.45, 7) is 12.2. The molecule has 0 bridgehead atoms.